The third-order valence-electron chi connectivity index (χ3n) is 9.88. The number of alkyl carbamates (subject to hydrolysis) is 1. The molecular formula is C39H52N6O8. The van der Waals surface area contributed by atoms with Crippen LogP contribution in [0.3, 0.4) is 0 Å². The molecule has 14 heteroatoms. The van der Waals surface area contributed by atoms with Gasteiger partial charge in [-0.2, -0.15) is 0 Å². The summed E-state index contributed by atoms with van der Waals surface area (Å²) in [7, 11) is 0. The van der Waals surface area contributed by atoms with E-state index < -0.39 is 48.0 Å². The van der Waals surface area contributed by atoms with Crippen molar-refractivity contribution < 1.29 is 37.9 Å². The van der Waals surface area contributed by atoms with Gasteiger partial charge in [-0.1, -0.05) is 48.9 Å². The molecule has 0 aliphatic carbocycles. The number of hydrogen-bond acceptors (Lipinski definition) is 11. The topological polar surface area (TPSA) is 200 Å². The Bertz CT molecular complexity index is 1640. The van der Waals surface area contributed by atoms with E-state index in [1.807, 2.05) is 30.3 Å². The number of benzene rings is 2. The van der Waals surface area contributed by atoms with Crippen LogP contribution in [0.1, 0.15) is 86.9 Å². The van der Waals surface area contributed by atoms with Gasteiger partial charge in [-0.05, 0) is 82.2 Å². The molecule has 4 atom stereocenters. The molecule has 0 radical (unpaired) electrons. The minimum atomic E-state index is -1.03. The fraction of sp³-hybridized carbons (Fsp3) is 0.538. The van der Waals surface area contributed by atoms with Crippen LogP contribution < -0.4 is 16.8 Å². The first-order chi connectivity index (χ1) is 25.8. The second-order valence-electron chi connectivity index (χ2n) is 13.8. The van der Waals surface area contributed by atoms with Crippen molar-refractivity contribution in [3.63, 3.8) is 0 Å². The molecule has 0 saturated carbocycles. The number of unbranched alkanes of at least 4 members (excludes halogenated alkanes) is 2. The number of nitrogens with zero attached hydrogens (tertiary/aromatic N) is 3. The Hall–Kier alpha value is -4.82. The second-order valence-corrected chi connectivity index (χ2v) is 13.8. The van der Waals surface area contributed by atoms with Crippen LogP contribution in [0.15, 0.2) is 59.0 Å². The monoisotopic (exact) mass is 732 g/mol. The maximum absolute atomic E-state index is 14.4. The average Bonchev–Trinajstić information content (AvgIpc) is 3.81. The number of nitrogens with two attached hydrogens (primary N) is 2. The highest BCUT2D eigenvalue weighted by molar-refractivity contribution is 6.00. The normalized spacial score (nSPS) is 18.4. The number of rotatable bonds is 18. The summed E-state index contributed by atoms with van der Waals surface area (Å²) in [5.41, 5.74) is 13.3. The van der Waals surface area contributed by atoms with E-state index >= 15 is 0 Å². The van der Waals surface area contributed by atoms with Gasteiger partial charge in [0.05, 0.1) is 12.6 Å². The number of Topliss-reactive ketones (excluding diaryl/α,β-unsaturated/α-hetero) is 2. The van der Waals surface area contributed by atoms with Gasteiger partial charge < -0.3 is 40.5 Å². The molecule has 2 saturated heterocycles. The molecule has 3 aromatic rings. The number of oxazole rings is 1. The van der Waals surface area contributed by atoms with Crippen molar-refractivity contribution in [3.8, 4) is 0 Å². The molecule has 0 bridgehead atoms. The molecule has 3 amide bonds. The van der Waals surface area contributed by atoms with Crippen molar-refractivity contribution in [1.82, 2.24) is 20.1 Å². The van der Waals surface area contributed by atoms with Gasteiger partial charge in [-0.3, -0.25) is 14.4 Å². The minimum Gasteiger partial charge on any atom is -0.445 e. The van der Waals surface area contributed by atoms with Crippen LogP contribution in [0.2, 0.25) is 0 Å². The van der Waals surface area contributed by atoms with Crippen molar-refractivity contribution >= 4 is 40.8 Å². The van der Waals surface area contributed by atoms with Gasteiger partial charge in [-0.25, -0.2) is 14.6 Å². The van der Waals surface area contributed by atoms with Gasteiger partial charge in [0.1, 0.15) is 24.3 Å². The fourth-order valence-corrected chi connectivity index (χ4v) is 6.97. The Morgan fingerprint density at radius 2 is 1.58 bits per heavy atom. The maximum atomic E-state index is 14.4. The SMILES string of the molecule is NCCCC[C@H](CC(=O)[C@@H]1C[C@@H](OC(=O)N2CCCCC2)CN1C(=O)[C@H](CCCCN)NC(=O)OCc1ccccc1)C(=O)c1nc2ccccc2o1. The smallest absolute Gasteiger partial charge is 0.410 e. The van der Waals surface area contributed by atoms with E-state index in [0.717, 1.165) is 24.8 Å². The molecule has 3 heterocycles. The van der Waals surface area contributed by atoms with Crippen molar-refractivity contribution in [2.75, 3.05) is 32.7 Å². The van der Waals surface area contributed by atoms with E-state index in [1.54, 1.807) is 29.2 Å². The third-order valence-corrected chi connectivity index (χ3v) is 9.88. The first-order valence-corrected chi connectivity index (χ1v) is 18.8. The summed E-state index contributed by atoms with van der Waals surface area (Å²) in [6, 6.07) is 14.2. The summed E-state index contributed by atoms with van der Waals surface area (Å²) in [5, 5.41) is 2.71. The summed E-state index contributed by atoms with van der Waals surface area (Å²) >= 11 is 0. The quantitative estimate of drug-likeness (QED) is 0.121. The number of aromatic nitrogens is 1. The molecular weight excluding hydrogens is 680 g/mol. The fourth-order valence-electron chi connectivity index (χ4n) is 6.97. The standard InChI is InChI=1S/C39H52N6O8/c40-19-9-7-15-28(35(47)36-42-30-16-5-6-18-34(30)53-36)23-33(46)32-24-29(52-39(50)44-21-11-2-12-22-44)25-45(32)37(48)31(17-8-10-20-41)43-38(49)51-26-27-13-3-1-4-14-27/h1,3-6,13-14,16,18,28-29,31-32H,2,7-12,15,17,19-26,40-41H2,(H,43,49)/t28-,29-,31+,32+/m1/s1. The largest absolute Gasteiger partial charge is 0.445 e. The number of ketones is 2. The van der Waals surface area contributed by atoms with E-state index in [1.165, 1.54) is 4.90 Å². The summed E-state index contributed by atoms with van der Waals surface area (Å²) in [6.07, 6.45) is 3.67. The number of carbonyl (C=O) groups is 5. The summed E-state index contributed by atoms with van der Waals surface area (Å²) in [5.74, 6) is -2.12. The molecule has 14 nitrogen and oxygen atoms in total. The Morgan fingerprint density at radius 1 is 0.887 bits per heavy atom. The minimum absolute atomic E-state index is 0.00932. The van der Waals surface area contributed by atoms with Crippen LogP contribution in [0.5, 0.6) is 0 Å². The Labute approximate surface area is 309 Å². The number of nitrogens with one attached hydrogen (secondary N) is 1. The van der Waals surface area contributed by atoms with Gasteiger partial charge in [-0.15, -0.1) is 0 Å². The van der Waals surface area contributed by atoms with Crippen LogP contribution in [0, 0.1) is 5.92 Å². The van der Waals surface area contributed by atoms with Gasteiger partial charge in [0.25, 0.3) is 5.89 Å². The molecule has 1 aromatic heterocycles. The predicted octanol–water partition coefficient (Wildman–Crippen LogP) is 4.73. The van der Waals surface area contributed by atoms with E-state index in [9.17, 15) is 24.0 Å². The highest BCUT2D eigenvalue weighted by Gasteiger charge is 2.44. The molecule has 53 heavy (non-hydrogen) atoms. The maximum Gasteiger partial charge on any atom is 0.410 e. The highest BCUT2D eigenvalue weighted by atomic mass is 16.6. The molecule has 286 valence electrons. The van der Waals surface area contributed by atoms with E-state index in [0.29, 0.717) is 69.4 Å². The number of para-hydroxylation sites is 2. The second kappa shape index (κ2) is 19.9. The van der Waals surface area contributed by atoms with Crippen LogP contribution in [0.25, 0.3) is 11.1 Å². The Kier molecular flexibility index (Phi) is 14.8. The van der Waals surface area contributed by atoms with Crippen molar-refractivity contribution in [3.05, 3.63) is 66.1 Å². The number of fused-ring (bicyclic) bond motifs is 1. The van der Waals surface area contributed by atoms with Crippen molar-refractivity contribution in [1.29, 1.82) is 0 Å². The molecule has 0 unspecified atom stereocenters. The van der Waals surface area contributed by atoms with Gasteiger partial charge >= 0.3 is 12.2 Å². The lowest BCUT2D eigenvalue weighted by Gasteiger charge is -2.29. The molecule has 2 aliphatic heterocycles. The number of piperidine rings is 1. The number of hydrogen-bond donors (Lipinski definition) is 3. The van der Waals surface area contributed by atoms with Gasteiger partial charge in [0.15, 0.2) is 11.4 Å². The van der Waals surface area contributed by atoms with Gasteiger partial charge in [0, 0.05) is 31.8 Å². The Balaban J connectivity index is 1.35. The van der Waals surface area contributed by atoms with Crippen LogP contribution in [-0.4, -0.2) is 95.4 Å². The summed E-state index contributed by atoms with van der Waals surface area (Å²) in [4.78, 5) is 76.1. The predicted molar refractivity (Wildman–Crippen MR) is 197 cm³/mol. The molecule has 2 aromatic carbocycles. The van der Waals surface area contributed by atoms with Gasteiger partial charge in [0.2, 0.25) is 11.7 Å². The third kappa shape index (κ3) is 11.1. The van der Waals surface area contributed by atoms with Crippen molar-refractivity contribution in [2.24, 2.45) is 17.4 Å². The molecule has 5 rings (SSSR count). The number of ether oxygens (including phenoxy) is 2. The average molecular weight is 733 g/mol. The molecule has 2 fully saturated rings. The zero-order valence-corrected chi connectivity index (χ0v) is 30.3. The van der Waals surface area contributed by atoms with Crippen LogP contribution >= 0.6 is 0 Å². The first kappa shape index (κ1) is 39.4. The van der Waals surface area contributed by atoms with Crippen LogP contribution in [0.4, 0.5) is 9.59 Å². The zero-order valence-electron chi connectivity index (χ0n) is 30.3. The van der Waals surface area contributed by atoms with E-state index in [2.05, 4.69) is 10.3 Å². The number of likely N-dealkylation sites (tertiary alicyclic amines) is 2. The highest BCUT2D eigenvalue weighted by Crippen LogP contribution is 2.29. The molecule has 5 N–H and O–H groups in total. The first-order valence-electron chi connectivity index (χ1n) is 18.8. The lowest BCUT2D eigenvalue weighted by molar-refractivity contribution is -0.139. The van der Waals surface area contributed by atoms with Crippen molar-refractivity contribution in [2.45, 2.75) is 95.4 Å². The number of amides is 3. The van der Waals surface area contributed by atoms with E-state index in [4.69, 9.17) is 25.4 Å². The zero-order chi connectivity index (χ0) is 37.6. The summed E-state index contributed by atoms with van der Waals surface area (Å²) in [6.45, 7) is 1.96. The number of carbonyl (C=O) groups excluding carboxylic acids is 5. The lowest BCUT2D eigenvalue weighted by Crippen LogP contribution is -2.52. The Morgan fingerprint density at radius 3 is 2.30 bits per heavy atom. The van der Waals surface area contributed by atoms with Crippen LogP contribution in [-0.2, 0) is 25.7 Å². The summed E-state index contributed by atoms with van der Waals surface area (Å²) < 4.78 is 17.1. The van der Waals surface area contributed by atoms with E-state index in [-0.39, 0.29) is 44.1 Å². The lowest BCUT2D eigenvalue weighted by atomic mass is 9.89. The molecule has 2 aliphatic rings. The molecule has 0 spiro atoms.